The normalized spacial score (nSPS) is 14.5. The second kappa shape index (κ2) is 63.5. The molecule has 0 spiro atoms. The summed E-state index contributed by atoms with van der Waals surface area (Å²) in [7, 11) is -9.91. The van der Waals surface area contributed by atoms with Crippen molar-refractivity contribution in [2.24, 2.45) is 23.7 Å². The molecule has 0 rings (SSSR count). The number of rotatable bonds is 71. The topological polar surface area (TPSA) is 237 Å². The minimum Gasteiger partial charge on any atom is -0.462 e. The molecular formula is C74H144O17P2. The molecule has 0 radical (unpaired) electrons. The molecule has 0 aromatic heterocycles. The van der Waals surface area contributed by atoms with Crippen LogP contribution in [0.15, 0.2) is 0 Å². The number of phosphoric ester groups is 2. The fourth-order valence-corrected chi connectivity index (χ4v) is 12.7. The van der Waals surface area contributed by atoms with E-state index >= 15 is 0 Å². The van der Waals surface area contributed by atoms with Crippen LogP contribution in [0.3, 0.4) is 0 Å². The molecule has 93 heavy (non-hydrogen) atoms. The first-order valence-corrected chi connectivity index (χ1v) is 41.2. The van der Waals surface area contributed by atoms with Crippen LogP contribution < -0.4 is 0 Å². The molecule has 17 nitrogen and oxygen atoms in total. The van der Waals surface area contributed by atoms with E-state index in [0.717, 1.165) is 114 Å². The van der Waals surface area contributed by atoms with Gasteiger partial charge in [0.25, 0.3) is 0 Å². The van der Waals surface area contributed by atoms with Crippen molar-refractivity contribution >= 4 is 39.5 Å². The zero-order valence-electron chi connectivity index (χ0n) is 60.9. The molecule has 0 saturated carbocycles. The van der Waals surface area contributed by atoms with Crippen molar-refractivity contribution in [2.75, 3.05) is 39.6 Å². The van der Waals surface area contributed by atoms with Crippen molar-refractivity contribution in [3.63, 3.8) is 0 Å². The first-order chi connectivity index (χ1) is 44.6. The van der Waals surface area contributed by atoms with Gasteiger partial charge in [-0.2, -0.15) is 0 Å². The van der Waals surface area contributed by atoms with Crippen molar-refractivity contribution in [3.8, 4) is 0 Å². The highest BCUT2D eigenvalue weighted by molar-refractivity contribution is 7.47. The maximum absolute atomic E-state index is 13.0. The lowest BCUT2D eigenvalue weighted by Gasteiger charge is -2.21. The monoisotopic (exact) mass is 1370 g/mol. The standard InChI is InChI=1S/C74H144O17P2/c1-9-67(8)53-45-37-32-33-41-49-57-74(79)91-70(61-84-71(76)54-46-38-29-21-19-17-15-13-11-10-12-14-16-18-20-26-34-42-50-64(2)3)63-89-93(82,83)87-59-68(75)58-86-92(80,81)88-62-69(90-73(78)56-48-40-31-25-23-28-36-44-52-66(6)7)60-85-72(77)55-47-39-30-24-22-27-35-43-51-65(4)5/h64-70,75H,9-63H2,1-8H3,(H,80,81)(H,82,83)/t67?,68?,69-,70-/m1/s1. The molecule has 0 aromatic carbocycles. The van der Waals surface area contributed by atoms with E-state index in [2.05, 4.69) is 55.4 Å². The molecule has 0 fully saturated rings. The quantitative estimate of drug-likeness (QED) is 0.0222. The van der Waals surface area contributed by atoms with Gasteiger partial charge in [0.2, 0.25) is 0 Å². The Balaban J connectivity index is 5.14. The van der Waals surface area contributed by atoms with E-state index in [-0.39, 0.29) is 25.7 Å². The average Bonchev–Trinajstić information content (AvgIpc) is 3.68. The van der Waals surface area contributed by atoms with E-state index in [9.17, 15) is 43.2 Å². The molecule has 0 saturated heterocycles. The summed E-state index contributed by atoms with van der Waals surface area (Å²) in [6, 6.07) is 0. The van der Waals surface area contributed by atoms with E-state index < -0.39 is 97.5 Å². The summed E-state index contributed by atoms with van der Waals surface area (Å²) in [5.74, 6) is 0.858. The second-order valence-corrected chi connectivity index (χ2v) is 31.3. The first kappa shape index (κ1) is 91.1. The molecule has 6 atom stereocenters. The molecule has 0 aliphatic rings. The van der Waals surface area contributed by atoms with Crippen LogP contribution in [0.25, 0.3) is 0 Å². The molecule has 552 valence electrons. The van der Waals surface area contributed by atoms with Crippen LogP contribution in [0.4, 0.5) is 0 Å². The van der Waals surface area contributed by atoms with Crippen LogP contribution in [0, 0.1) is 23.7 Å². The smallest absolute Gasteiger partial charge is 0.462 e. The summed E-state index contributed by atoms with van der Waals surface area (Å²) in [4.78, 5) is 72.6. The number of hydrogen-bond acceptors (Lipinski definition) is 15. The van der Waals surface area contributed by atoms with Crippen LogP contribution in [-0.4, -0.2) is 96.7 Å². The largest absolute Gasteiger partial charge is 0.472 e. The number of carbonyl (C=O) groups is 4. The SMILES string of the molecule is CCC(C)CCCCCCCCC(=O)O[C@H](COC(=O)CCCCCCCCCCCCCCCCCCCCC(C)C)COP(=O)(O)OCC(O)COP(=O)(O)OC[C@@H](COC(=O)CCCCCCCCCCC(C)C)OC(=O)CCCCCCCCCCC(C)C. The Labute approximate surface area is 568 Å². The van der Waals surface area contributed by atoms with Crippen molar-refractivity contribution in [3.05, 3.63) is 0 Å². The van der Waals surface area contributed by atoms with E-state index in [1.807, 2.05) is 0 Å². The lowest BCUT2D eigenvalue weighted by Crippen LogP contribution is -2.30. The summed E-state index contributed by atoms with van der Waals surface area (Å²) in [6.45, 7) is 14.1. The third kappa shape index (κ3) is 67.0. The zero-order chi connectivity index (χ0) is 68.9. The first-order valence-electron chi connectivity index (χ1n) is 38.2. The summed E-state index contributed by atoms with van der Waals surface area (Å²) in [6.07, 6.45) is 47.5. The van der Waals surface area contributed by atoms with Crippen molar-refractivity contribution < 1.29 is 80.2 Å². The van der Waals surface area contributed by atoms with Gasteiger partial charge in [-0.3, -0.25) is 37.3 Å². The van der Waals surface area contributed by atoms with Gasteiger partial charge in [0.1, 0.15) is 19.3 Å². The Bertz CT molecular complexity index is 1840. The van der Waals surface area contributed by atoms with Gasteiger partial charge in [-0.05, 0) is 49.4 Å². The van der Waals surface area contributed by atoms with Crippen molar-refractivity contribution in [1.82, 2.24) is 0 Å². The number of esters is 4. The van der Waals surface area contributed by atoms with E-state index in [1.165, 1.54) is 173 Å². The third-order valence-corrected chi connectivity index (χ3v) is 19.3. The van der Waals surface area contributed by atoms with Gasteiger partial charge in [0.05, 0.1) is 26.4 Å². The maximum Gasteiger partial charge on any atom is 0.472 e. The highest BCUT2D eigenvalue weighted by Crippen LogP contribution is 2.45. The van der Waals surface area contributed by atoms with Crippen LogP contribution >= 0.6 is 15.6 Å². The molecule has 0 bridgehead atoms. The van der Waals surface area contributed by atoms with E-state index in [4.69, 9.17) is 37.0 Å². The number of carbonyl (C=O) groups excluding carboxylic acids is 4. The van der Waals surface area contributed by atoms with Gasteiger partial charge in [0.15, 0.2) is 12.2 Å². The predicted molar refractivity (Wildman–Crippen MR) is 377 cm³/mol. The van der Waals surface area contributed by atoms with Crippen LogP contribution in [0.5, 0.6) is 0 Å². The Morgan fingerprint density at radius 2 is 0.516 bits per heavy atom. The fourth-order valence-electron chi connectivity index (χ4n) is 11.2. The van der Waals surface area contributed by atoms with Crippen molar-refractivity contribution in [2.45, 2.75) is 388 Å². The molecule has 0 aliphatic heterocycles. The molecule has 19 heteroatoms. The Morgan fingerprint density at radius 3 is 0.763 bits per heavy atom. The molecule has 0 aromatic rings. The van der Waals surface area contributed by atoms with Gasteiger partial charge in [0, 0.05) is 25.7 Å². The van der Waals surface area contributed by atoms with Gasteiger partial charge in [-0.25, -0.2) is 9.13 Å². The lowest BCUT2D eigenvalue weighted by molar-refractivity contribution is -0.161. The average molecular weight is 1370 g/mol. The predicted octanol–water partition coefficient (Wildman–Crippen LogP) is 21.3. The molecule has 3 N–H and O–H groups in total. The molecular weight excluding hydrogens is 1220 g/mol. The lowest BCUT2D eigenvalue weighted by atomic mass is 10.00. The Kier molecular flexibility index (Phi) is 62.2. The van der Waals surface area contributed by atoms with Gasteiger partial charge in [-0.15, -0.1) is 0 Å². The summed E-state index contributed by atoms with van der Waals surface area (Å²) >= 11 is 0. The Morgan fingerprint density at radius 1 is 0.301 bits per heavy atom. The van der Waals surface area contributed by atoms with Gasteiger partial charge in [-0.1, -0.05) is 319 Å². The summed E-state index contributed by atoms with van der Waals surface area (Å²) in [5.41, 5.74) is 0. The number of ether oxygens (including phenoxy) is 4. The molecule has 0 aliphatic carbocycles. The maximum atomic E-state index is 13.0. The highest BCUT2D eigenvalue weighted by Gasteiger charge is 2.30. The number of hydrogen-bond donors (Lipinski definition) is 3. The van der Waals surface area contributed by atoms with Gasteiger partial charge < -0.3 is 33.8 Å². The van der Waals surface area contributed by atoms with E-state index in [1.54, 1.807) is 0 Å². The van der Waals surface area contributed by atoms with Crippen LogP contribution in [0.1, 0.15) is 370 Å². The minimum atomic E-state index is -4.95. The molecule has 0 heterocycles. The number of aliphatic hydroxyl groups is 1. The van der Waals surface area contributed by atoms with E-state index in [0.29, 0.717) is 25.7 Å². The van der Waals surface area contributed by atoms with Crippen molar-refractivity contribution in [1.29, 1.82) is 0 Å². The summed E-state index contributed by atoms with van der Waals surface area (Å²) in [5, 5.41) is 10.6. The second-order valence-electron chi connectivity index (χ2n) is 28.4. The van der Waals surface area contributed by atoms with Crippen LogP contribution in [0.2, 0.25) is 0 Å². The fraction of sp³-hybridized carbons (Fsp3) is 0.946. The summed E-state index contributed by atoms with van der Waals surface area (Å²) < 4.78 is 68.3. The third-order valence-electron chi connectivity index (χ3n) is 17.4. The number of aliphatic hydroxyl groups excluding tert-OH is 1. The number of unbranched alkanes of at least 4 members (excludes halogenated alkanes) is 36. The minimum absolute atomic E-state index is 0.103. The Hall–Kier alpha value is -1.94. The molecule has 4 unspecified atom stereocenters. The zero-order valence-corrected chi connectivity index (χ0v) is 62.7. The highest BCUT2D eigenvalue weighted by atomic mass is 31.2. The number of phosphoric acid groups is 2. The van der Waals surface area contributed by atoms with Crippen LogP contribution in [-0.2, 0) is 65.4 Å². The van der Waals surface area contributed by atoms with Gasteiger partial charge >= 0.3 is 39.5 Å². The molecule has 0 amide bonds.